The summed E-state index contributed by atoms with van der Waals surface area (Å²) in [4.78, 5) is 11.4. The van der Waals surface area contributed by atoms with Crippen LogP contribution >= 0.6 is 12.2 Å². The van der Waals surface area contributed by atoms with Gasteiger partial charge in [-0.25, -0.2) is 4.98 Å². The lowest BCUT2D eigenvalue weighted by molar-refractivity contribution is 0.582. The lowest BCUT2D eigenvalue weighted by Gasteiger charge is -2.02. The molecule has 1 heterocycles. The summed E-state index contributed by atoms with van der Waals surface area (Å²) in [5, 5.41) is 2.14. The number of nitrogens with zero attached hydrogens (tertiary/aromatic N) is 3. The minimum atomic E-state index is -0.702. The molecule has 2 aromatic carbocycles. The van der Waals surface area contributed by atoms with Crippen molar-refractivity contribution in [1.29, 1.82) is 0 Å². The lowest BCUT2D eigenvalue weighted by atomic mass is 10.1. The van der Waals surface area contributed by atoms with E-state index in [9.17, 15) is 4.39 Å². The van der Waals surface area contributed by atoms with Crippen molar-refractivity contribution < 1.29 is 4.39 Å². The van der Waals surface area contributed by atoms with Gasteiger partial charge in [0.15, 0.2) is 5.82 Å². The fourth-order valence-electron chi connectivity index (χ4n) is 2.33. The van der Waals surface area contributed by atoms with Crippen molar-refractivity contribution in [2.75, 3.05) is 0 Å². The number of halogens is 1. The number of hydrogen-bond donors (Lipinski definition) is 0. The first-order chi connectivity index (χ1) is 12.7. The van der Waals surface area contributed by atoms with Gasteiger partial charge < -0.3 is 0 Å². The second kappa shape index (κ2) is 8.26. The molecule has 5 heteroatoms. The van der Waals surface area contributed by atoms with Crippen LogP contribution in [0.5, 0.6) is 0 Å². The monoisotopic (exact) mass is 359 g/mol. The fraction of sp³-hybridized carbons (Fsp3) is 0.0952. The summed E-state index contributed by atoms with van der Waals surface area (Å²) in [5.74, 6) is 5.62. The highest BCUT2D eigenvalue weighted by Gasteiger charge is 2.09. The SMILES string of the molecule is CCc1ccc(C#Cc2ccc(-c3ncc(N=C=S)nc3F)cc2)cc1. The van der Waals surface area contributed by atoms with Gasteiger partial charge in [0.05, 0.1) is 11.4 Å². The van der Waals surface area contributed by atoms with E-state index < -0.39 is 5.95 Å². The molecular weight excluding hydrogens is 345 g/mol. The van der Waals surface area contributed by atoms with Crippen LogP contribution in [0.4, 0.5) is 10.2 Å². The van der Waals surface area contributed by atoms with E-state index in [2.05, 4.69) is 63.2 Å². The average Bonchev–Trinajstić information content (AvgIpc) is 2.68. The maximum atomic E-state index is 14.1. The number of benzene rings is 2. The van der Waals surface area contributed by atoms with Crippen molar-refractivity contribution >= 4 is 23.2 Å². The number of rotatable bonds is 3. The molecule has 0 fully saturated rings. The van der Waals surface area contributed by atoms with Gasteiger partial charge in [0.2, 0.25) is 5.95 Å². The molecule has 0 aliphatic heterocycles. The Morgan fingerprint density at radius 2 is 1.62 bits per heavy atom. The average molecular weight is 359 g/mol. The summed E-state index contributed by atoms with van der Waals surface area (Å²) >= 11 is 4.47. The van der Waals surface area contributed by atoms with E-state index in [1.165, 1.54) is 11.8 Å². The third kappa shape index (κ3) is 4.25. The summed E-state index contributed by atoms with van der Waals surface area (Å²) in [5.41, 5.74) is 3.85. The number of aryl methyl sites for hydroxylation is 1. The van der Waals surface area contributed by atoms with Crippen LogP contribution < -0.4 is 0 Å². The minimum Gasteiger partial charge on any atom is -0.247 e. The van der Waals surface area contributed by atoms with Crippen LogP contribution in [-0.2, 0) is 6.42 Å². The third-order valence-electron chi connectivity index (χ3n) is 3.75. The Bertz CT molecular complexity index is 1030. The van der Waals surface area contributed by atoms with Gasteiger partial charge in [-0.1, -0.05) is 43.0 Å². The van der Waals surface area contributed by atoms with Gasteiger partial charge in [-0.3, -0.25) is 0 Å². The Kier molecular flexibility index (Phi) is 5.60. The zero-order valence-electron chi connectivity index (χ0n) is 14.0. The predicted molar refractivity (Wildman–Crippen MR) is 104 cm³/mol. The van der Waals surface area contributed by atoms with Crippen LogP contribution in [0, 0.1) is 17.8 Å². The number of thiocarbonyl (C=S) groups is 1. The van der Waals surface area contributed by atoms with Gasteiger partial charge in [0, 0.05) is 16.7 Å². The molecule has 126 valence electrons. The largest absolute Gasteiger partial charge is 0.247 e. The lowest BCUT2D eigenvalue weighted by Crippen LogP contribution is -1.93. The molecule has 0 spiro atoms. The van der Waals surface area contributed by atoms with Crippen molar-refractivity contribution in [1.82, 2.24) is 9.97 Å². The van der Waals surface area contributed by atoms with Crippen LogP contribution in [0.1, 0.15) is 23.6 Å². The summed E-state index contributed by atoms with van der Waals surface area (Å²) in [6.45, 7) is 2.12. The molecule has 0 unspecified atom stereocenters. The topological polar surface area (TPSA) is 38.1 Å². The van der Waals surface area contributed by atoms with Crippen LogP contribution in [0.15, 0.2) is 59.7 Å². The zero-order valence-corrected chi connectivity index (χ0v) is 14.8. The Morgan fingerprint density at radius 3 is 2.15 bits per heavy atom. The van der Waals surface area contributed by atoms with E-state index in [1.807, 2.05) is 24.3 Å². The van der Waals surface area contributed by atoms with Gasteiger partial charge in [0.25, 0.3) is 0 Å². The van der Waals surface area contributed by atoms with Crippen LogP contribution in [-0.4, -0.2) is 15.1 Å². The highest BCUT2D eigenvalue weighted by Crippen LogP contribution is 2.21. The molecule has 26 heavy (non-hydrogen) atoms. The molecule has 1 aromatic heterocycles. The number of isothiocyanates is 1. The molecule has 0 radical (unpaired) electrons. The Morgan fingerprint density at radius 1 is 1.00 bits per heavy atom. The number of hydrogen-bond acceptors (Lipinski definition) is 4. The van der Waals surface area contributed by atoms with Crippen molar-refractivity contribution in [3.8, 4) is 23.1 Å². The second-order valence-electron chi connectivity index (χ2n) is 5.45. The van der Waals surface area contributed by atoms with Crippen molar-refractivity contribution in [3.63, 3.8) is 0 Å². The normalized spacial score (nSPS) is 9.77. The van der Waals surface area contributed by atoms with Crippen LogP contribution in [0.3, 0.4) is 0 Å². The zero-order chi connectivity index (χ0) is 18.4. The predicted octanol–water partition coefficient (Wildman–Crippen LogP) is 4.98. The molecule has 0 amide bonds. The molecule has 3 rings (SSSR count). The highest BCUT2D eigenvalue weighted by atomic mass is 32.1. The molecule has 0 N–H and O–H groups in total. The van der Waals surface area contributed by atoms with E-state index in [-0.39, 0.29) is 11.5 Å². The summed E-state index contributed by atoms with van der Waals surface area (Å²) in [6, 6.07) is 15.3. The molecular formula is C21H14FN3S. The Labute approximate surface area is 156 Å². The summed E-state index contributed by atoms with van der Waals surface area (Å²) < 4.78 is 14.1. The van der Waals surface area contributed by atoms with E-state index in [0.717, 1.165) is 17.5 Å². The molecule has 0 aliphatic carbocycles. The first-order valence-electron chi connectivity index (χ1n) is 8.01. The molecule has 0 saturated carbocycles. The van der Waals surface area contributed by atoms with Crippen molar-refractivity contribution in [3.05, 3.63) is 77.4 Å². The second-order valence-corrected chi connectivity index (χ2v) is 5.63. The van der Waals surface area contributed by atoms with Gasteiger partial charge >= 0.3 is 0 Å². The highest BCUT2D eigenvalue weighted by molar-refractivity contribution is 7.78. The standard InChI is InChI=1S/C21H14FN3S/c1-2-15-3-5-16(6-4-15)7-8-17-9-11-18(12-10-17)20-21(22)25-19(13-23-20)24-14-26/h3-6,9-13H,2H2,1H3. The molecule has 3 nitrogen and oxygen atoms in total. The number of aromatic nitrogens is 2. The number of aliphatic imine (C=N–C) groups is 1. The van der Waals surface area contributed by atoms with Gasteiger partial charge in [-0.05, 0) is 48.5 Å². The maximum absolute atomic E-state index is 14.1. The quantitative estimate of drug-likeness (QED) is 0.376. The van der Waals surface area contributed by atoms with Crippen LogP contribution in [0.25, 0.3) is 11.3 Å². The van der Waals surface area contributed by atoms with E-state index in [0.29, 0.717) is 5.56 Å². The van der Waals surface area contributed by atoms with Crippen molar-refractivity contribution in [2.45, 2.75) is 13.3 Å². The first-order valence-corrected chi connectivity index (χ1v) is 8.42. The smallest absolute Gasteiger partial charge is 0.241 e. The summed E-state index contributed by atoms with van der Waals surface area (Å²) in [7, 11) is 0. The Hall–Kier alpha value is -3.19. The van der Waals surface area contributed by atoms with Gasteiger partial charge in [-0.15, -0.1) is 0 Å². The Balaban J connectivity index is 1.80. The molecule has 3 aromatic rings. The van der Waals surface area contributed by atoms with E-state index in [4.69, 9.17) is 0 Å². The summed E-state index contributed by atoms with van der Waals surface area (Å²) in [6.07, 6.45) is 2.36. The molecule has 0 atom stereocenters. The van der Waals surface area contributed by atoms with E-state index in [1.54, 1.807) is 12.1 Å². The first kappa shape index (κ1) is 17.6. The third-order valence-corrected chi connectivity index (χ3v) is 3.84. The van der Waals surface area contributed by atoms with Crippen molar-refractivity contribution in [2.24, 2.45) is 4.99 Å². The molecule has 0 saturated heterocycles. The van der Waals surface area contributed by atoms with Gasteiger partial charge in [0.1, 0.15) is 5.69 Å². The van der Waals surface area contributed by atoms with Gasteiger partial charge in [-0.2, -0.15) is 14.4 Å². The van der Waals surface area contributed by atoms with Crippen LogP contribution in [0.2, 0.25) is 0 Å². The van der Waals surface area contributed by atoms with E-state index >= 15 is 0 Å². The minimum absolute atomic E-state index is 0.0952. The fourth-order valence-corrected chi connectivity index (χ4v) is 2.43. The maximum Gasteiger partial charge on any atom is 0.241 e. The molecule has 0 bridgehead atoms. The molecule has 0 aliphatic rings.